The van der Waals surface area contributed by atoms with Gasteiger partial charge >= 0.3 is 0 Å². The number of amides is 1. The van der Waals surface area contributed by atoms with E-state index in [2.05, 4.69) is 15.5 Å². The molecule has 5 aromatic rings. The van der Waals surface area contributed by atoms with Crippen LogP contribution in [0.3, 0.4) is 0 Å². The van der Waals surface area contributed by atoms with Crippen LogP contribution in [0.5, 0.6) is 11.5 Å². The lowest BCUT2D eigenvalue weighted by Gasteiger charge is -2.10. The summed E-state index contributed by atoms with van der Waals surface area (Å²) in [5, 5.41) is 30.4. The molecule has 9 nitrogen and oxygen atoms in total. The second-order valence-corrected chi connectivity index (χ2v) is 8.15. The number of nitrogens with zero attached hydrogens (tertiary/aromatic N) is 4. The van der Waals surface area contributed by atoms with Gasteiger partial charge in [-0.05, 0) is 66.7 Å². The van der Waals surface area contributed by atoms with Crippen molar-refractivity contribution in [1.29, 1.82) is 0 Å². The normalized spacial score (nSPS) is 10.5. The Balaban J connectivity index is 0.000000195. The molecule has 0 fully saturated rings. The Bertz CT molecular complexity index is 1560. The van der Waals surface area contributed by atoms with E-state index in [1.807, 2.05) is 13.1 Å². The molecular formula is C27H25FN6O3. The summed E-state index contributed by atoms with van der Waals surface area (Å²) < 4.78 is 16.5. The summed E-state index contributed by atoms with van der Waals surface area (Å²) in [6.45, 7) is 0. The molecular weight excluding hydrogens is 475 g/mol. The standard InChI is InChI=1S/C17H14FN3O2.C10H11N3O/c1-21-15(7-8-19-21)14-10-13(5-6-16(14)22)20-17(23)11-3-2-4-12(18)9-11;1-13-9(4-5-12-13)8-6-7(11)2-3-10(8)14/h2-10,22H,1H3,(H,20,23);2-6,14H,11H2,1H3. The van der Waals surface area contributed by atoms with Crippen LogP contribution in [0.1, 0.15) is 10.4 Å². The van der Waals surface area contributed by atoms with Crippen LogP contribution < -0.4 is 11.1 Å². The molecule has 37 heavy (non-hydrogen) atoms. The van der Waals surface area contributed by atoms with Crippen LogP contribution in [0.25, 0.3) is 22.5 Å². The van der Waals surface area contributed by atoms with Gasteiger partial charge in [-0.1, -0.05) is 6.07 Å². The van der Waals surface area contributed by atoms with Crippen molar-refractivity contribution in [3.8, 4) is 34.0 Å². The number of rotatable bonds is 4. The van der Waals surface area contributed by atoms with Crippen molar-refractivity contribution in [3.05, 3.63) is 96.6 Å². The van der Waals surface area contributed by atoms with Gasteiger partial charge < -0.3 is 21.3 Å². The lowest BCUT2D eigenvalue weighted by Crippen LogP contribution is -2.12. The zero-order valence-electron chi connectivity index (χ0n) is 20.1. The third-order valence-electron chi connectivity index (χ3n) is 5.56. The quantitative estimate of drug-likeness (QED) is 0.211. The number of carbonyl (C=O) groups excluding carboxylic acids is 1. The fraction of sp³-hybridized carbons (Fsp3) is 0.0741. The van der Waals surface area contributed by atoms with E-state index >= 15 is 0 Å². The molecule has 0 aliphatic heterocycles. The van der Waals surface area contributed by atoms with Gasteiger partial charge in [0, 0.05) is 54.6 Å². The van der Waals surface area contributed by atoms with E-state index < -0.39 is 11.7 Å². The first-order valence-corrected chi connectivity index (χ1v) is 11.2. The predicted molar refractivity (Wildman–Crippen MR) is 139 cm³/mol. The highest BCUT2D eigenvalue weighted by Gasteiger charge is 2.12. The van der Waals surface area contributed by atoms with Gasteiger partial charge in [-0.15, -0.1) is 0 Å². The van der Waals surface area contributed by atoms with Crippen LogP contribution in [0.2, 0.25) is 0 Å². The molecule has 0 saturated heterocycles. The number of halogens is 1. The van der Waals surface area contributed by atoms with Crippen LogP contribution >= 0.6 is 0 Å². The summed E-state index contributed by atoms with van der Waals surface area (Å²) in [5.74, 6) is -0.606. The second-order valence-electron chi connectivity index (χ2n) is 8.15. The number of phenols is 2. The summed E-state index contributed by atoms with van der Waals surface area (Å²) in [5.41, 5.74) is 9.78. The summed E-state index contributed by atoms with van der Waals surface area (Å²) >= 11 is 0. The maximum Gasteiger partial charge on any atom is 0.255 e. The molecule has 3 aromatic carbocycles. The third kappa shape index (κ3) is 5.76. The molecule has 0 atom stereocenters. The Hall–Kier alpha value is -5.12. The van der Waals surface area contributed by atoms with Crippen molar-refractivity contribution in [2.24, 2.45) is 14.1 Å². The minimum Gasteiger partial charge on any atom is -0.507 e. The average molecular weight is 501 g/mol. The van der Waals surface area contributed by atoms with Crippen molar-refractivity contribution in [1.82, 2.24) is 19.6 Å². The van der Waals surface area contributed by atoms with E-state index in [0.717, 1.165) is 11.8 Å². The zero-order chi connectivity index (χ0) is 26.5. The number of nitrogen functional groups attached to an aromatic ring is 1. The molecule has 0 unspecified atom stereocenters. The van der Waals surface area contributed by atoms with Gasteiger partial charge in [-0.2, -0.15) is 10.2 Å². The highest BCUT2D eigenvalue weighted by molar-refractivity contribution is 6.04. The Morgan fingerprint density at radius 1 is 0.838 bits per heavy atom. The maximum absolute atomic E-state index is 13.2. The number of hydrogen-bond donors (Lipinski definition) is 4. The van der Waals surface area contributed by atoms with Gasteiger partial charge in [0.2, 0.25) is 0 Å². The maximum atomic E-state index is 13.2. The van der Waals surface area contributed by atoms with Crippen LogP contribution in [0.4, 0.5) is 15.8 Å². The number of hydrogen-bond acceptors (Lipinski definition) is 6. The highest BCUT2D eigenvalue weighted by atomic mass is 19.1. The molecule has 5 N–H and O–H groups in total. The summed E-state index contributed by atoms with van der Waals surface area (Å²) in [6, 6.07) is 18.7. The Morgan fingerprint density at radius 3 is 2.00 bits per heavy atom. The SMILES string of the molecule is Cn1nccc1-c1cc(N)ccc1O.Cn1nccc1-c1cc(NC(=O)c2cccc(F)c2)ccc1O. The molecule has 1 amide bonds. The van der Waals surface area contributed by atoms with E-state index in [0.29, 0.717) is 28.2 Å². The van der Waals surface area contributed by atoms with Crippen molar-refractivity contribution < 1.29 is 19.4 Å². The average Bonchev–Trinajstić information content (AvgIpc) is 3.50. The van der Waals surface area contributed by atoms with Gasteiger partial charge in [-0.25, -0.2) is 4.39 Å². The second kappa shape index (κ2) is 10.6. The van der Waals surface area contributed by atoms with Crippen LogP contribution in [-0.2, 0) is 14.1 Å². The van der Waals surface area contributed by atoms with Crippen molar-refractivity contribution in [3.63, 3.8) is 0 Å². The summed E-state index contributed by atoms with van der Waals surface area (Å²) in [7, 11) is 3.57. The van der Waals surface area contributed by atoms with E-state index in [-0.39, 0.29) is 17.1 Å². The zero-order valence-corrected chi connectivity index (χ0v) is 20.1. The monoisotopic (exact) mass is 500 g/mol. The lowest BCUT2D eigenvalue weighted by molar-refractivity contribution is 0.102. The molecule has 5 rings (SSSR count). The van der Waals surface area contributed by atoms with Crippen LogP contribution in [0, 0.1) is 5.82 Å². The molecule has 10 heteroatoms. The van der Waals surface area contributed by atoms with Crippen LogP contribution in [-0.4, -0.2) is 35.7 Å². The number of benzene rings is 3. The Labute approximate surface area is 212 Å². The number of anilines is 2. The molecule has 188 valence electrons. The smallest absolute Gasteiger partial charge is 0.255 e. The number of carbonyl (C=O) groups is 1. The largest absolute Gasteiger partial charge is 0.507 e. The van der Waals surface area contributed by atoms with Crippen molar-refractivity contribution in [2.45, 2.75) is 0 Å². The molecule has 0 aliphatic carbocycles. The molecule has 0 bridgehead atoms. The van der Waals surface area contributed by atoms with Crippen LogP contribution in [0.15, 0.2) is 85.2 Å². The number of aromatic nitrogens is 4. The lowest BCUT2D eigenvalue weighted by atomic mass is 10.1. The number of nitrogens with one attached hydrogen (secondary N) is 1. The van der Waals surface area contributed by atoms with Crippen molar-refractivity contribution in [2.75, 3.05) is 11.1 Å². The summed E-state index contributed by atoms with van der Waals surface area (Å²) in [6.07, 6.45) is 3.30. The minimum absolute atomic E-state index is 0.0809. The minimum atomic E-state index is -0.473. The van der Waals surface area contributed by atoms with E-state index in [1.165, 1.54) is 24.3 Å². The fourth-order valence-corrected chi connectivity index (χ4v) is 3.69. The summed E-state index contributed by atoms with van der Waals surface area (Å²) in [4.78, 5) is 12.2. The Kier molecular flexibility index (Phi) is 7.19. The Morgan fingerprint density at radius 2 is 1.43 bits per heavy atom. The van der Waals surface area contributed by atoms with Gasteiger partial charge in [-0.3, -0.25) is 14.2 Å². The molecule has 0 saturated carbocycles. The molecule has 2 heterocycles. The fourth-order valence-electron chi connectivity index (χ4n) is 3.69. The van der Waals surface area contributed by atoms with E-state index in [9.17, 15) is 19.4 Å². The molecule has 0 spiro atoms. The highest BCUT2D eigenvalue weighted by Crippen LogP contribution is 2.32. The number of aromatic hydroxyl groups is 2. The third-order valence-corrected chi connectivity index (χ3v) is 5.56. The van der Waals surface area contributed by atoms with Gasteiger partial charge in [0.1, 0.15) is 17.3 Å². The van der Waals surface area contributed by atoms with Gasteiger partial charge in [0.15, 0.2) is 0 Å². The first-order chi connectivity index (χ1) is 17.7. The van der Waals surface area contributed by atoms with Gasteiger partial charge in [0.05, 0.1) is 11.4 Å². The first kappa shape index (κ1) is 25.0. The van der Waals surface area contributed by atoms with E-state index in [1.54, 1.807) is 65.2 Å². The molecule has 0 aliphatic rings. The van der Waals surface area contributed by atoms with Crippen molar-refractivity contribution >= 4 is 17.3 Å². The molecule has 0 radical (unpaired) electrons. The number of nitrogens with two attached hydrogens (primary N) is 1. The molecule has 2 aromatic heterocycles. The van der Waals surface area contributed by atoms with Gasteiger partial charge in [0.25, 0.3) is 5.91 Å². The first-order valence-electron chi connectivity index (χ1n) is 11.2. The number of phenolic OH excluding ortho intramolecular Hbond substituents is 2. The number of aryl methyl sites for hydroxylation is 2. The predicted octanol–water partition coefficient (Wildman–Crippen LogP) is 4.56. The topological polar surface area (TPSA) is 131 Å². The van der Waals surface area contributed by atoms with E-state index in [4.69, 9.17) is 5.73 Å².